The molecule has 2 amide bonds. The minimum absolute atomic E-state index is 0.0197. The van der Waals surface area contributed by atoms with E-state index in [-0.39, 0.29) is 35.4 Å². The molecule has 0 aromatic heterocycles. The highest BCUT2D eigenvalue weighted by Crippen LogP contribution is 2.17. The van der Waals surface area contributed by atoms with Crippen LogP contribution >= 0.6 is 0 Å². The summed E-state index contributed by atoms with van der Waals surface area (Å²) in [6.07, 6.45) is 3.68. The molecule has 2 saturated heterocycles. The first-order chi connectivity index (χ1) is 11.8. The van der Waals surface area contributed by atoms with Crippen LogP contribution in [0.5, 0.6) is 0 Å². The minimum Gasteiger partial charge on any atom is -0.354 e. The van der Waals surface area contributed by atoms with Gasteiger partial charge in [0, 0.05) is 19.6 Å². The standard InChI is InChI=1S/C17H31N3O4S/c1-13(2)11-25(23,24)12-16(21)20-8-4-5-14(10-20)9-19-17(22)15-6-3-7-18-15/h13-15,18H,3-12H2,1-2H3,(H,19,22). The number of carbonyl (C=O) groups is 2. The van der Waals surface area contributed by atoms with Crippen LogP contribution < -0.4 is 10.6 Å². The summed E-state index contributed by atoms with van der Waals surface area (Å²) in [5, 5.41) is 6.14. The number of amides is 2. The van der Waals surface area contributed by atoms with Crippen molar-refractivity contribution in [3.8, 4) is 0 Å². The van der Waals surface area contributed by atoms with Gasteiger partial charge in [-0.05, 0) is 44.1 Å². The fourth-order valence-corrected chi connectivity index (χ4v) is 5.27. The van der Waals surface area contributed by atoms with Crippen LogP contribution in [0.15, 0.2) is 0 Å². The second-order valence-corrected chi connectivity index (χ2v) is 9.80. The van der Waals surface area contributed by atoms with Gasteiger partial charge in [0.15, 0.2) is 9.84 Å². The Balaban J connectivity index is 1.79. The zero-order valence-corrected chi connectivity index (χ0v) is 16.1. The number of piperidine rings is 1. The van der Waals surface area contributed by atoms with Crippen LogP contribution in [-0.2, 0) is 19.4 Å². The Hall–Kier alpha value is -1.15. The van der Waals surface area contributed by atoms with Gasteiger partial charge < -0.3 is 15.5 Å². The van der Waals surface area contributed by atoms with Crippen LogP contribution in [0.4, 0.5) is 0 Å². The molecule has 2 fully saturated rings. The number of carbonyl (C=O) groups excluding carboxylic acids is 2. The largest absolute Gasteiger partial charge is 0.354 e. The van der Waals surface area contributed by atoms with Crippen molar-refractivity contribution in [3.05, 3.63) is 0 Å². The molecule has 0 radical (unpaired) electrons. The van der Waals surface area contributed by atoms with Gasteiger partial charge in [0.1, 0.15) is 5.75 Å². The number of hydrogen-bond acceptors (Lipinski definition) is 5. The summed E-state index contributed by atoms with van der Waals surface area (Å²) < 4.78 is 24.1. The molecular formula is C17H31N3O4S. The van der Waals surface area contributed by atoms with E-state index in [0.717, 1.165) is 32.2 Å². The lowest BCUT2D eigenvalue weighted by molar-refractivity contribution is -0.130. The monoisotopic (exact) mass is 373 g/mol. The Morgan fingerprint density at radius 2 is 2.00 bits per heavy atom. The maximum absolute atomic E-state index is 12.3. The van der Waals surface area contributed by atoms with E-state index >= 15 is 0 Å². The maximum Gasteiger partial charge on any atom is 0.237 e. The second-order valence-electron chi connectivity index (χ2n) is 7.69. The molecular weight excluding hydrogens is 342 g/mol. The van der Waals surface area contributed by atoms with E-state index in [1.807, 2.05) is 13.8 Å². The first-order valence-corrected chi connectivity index (χ1v) is 11.1. The van der Waals surface area contributed by atoms with Crippen LogP contribution in [0.2, 0.25) is 0 Å². The lowest BCUT2D eigenvalue weighted by Crippen LogP contribution is -2.47. The van der Waals surface area contributed by atoms with Crippen LogP contribution in [0, 0.1) is 11.8 Å². The molecule has 144 valence electrons. The molecule has 25 heavy (non-hydrogen) atoms. The van der Waals surface area contributed by atoms with E-state index in [0.29, 0.717) is 19.6 Å². The minimum atomic E-state index is -3.35. The molecule has 2 aliphatic rings. The lowest BCUT2D eigenvalue weighted by atomic mass is 9.98. The number of nitrogens with one attached hydrogen (secondary N) is 2. The molecule has 7 nitrogen and oxygen atoms in total. The highest BCUT2D eigenvalue weighted by molar-refractivity contribution is 7.92. The van der Waals surface area contributed by atoms with Crippen molar-refractivity contribution in [2.24, 2.45) is 11.8 Å². The van der Waals surface area contributed by atoms with Gasteiger partial charge in [-0.25, -0.2) is 8.42 Å². The average molecular weight is 374 g/mol. The van der Waals surface area contributed by atoms with Crippen LogP contribution in [0.25, 0.3) is 0 Å². The van der Waals surface area contributed by atoms with Gasteiger partial charge in [-0.3, -0.25) is 9.59 Å². The van der Waals surface area contributed by atoms with E-state index in [4.69, 9.17) is 0 Å². The predicted octanol–water partition coefficient (Wildman–Crippen LogP) is 0.164. The van der Waals surface area contributed by atoms with E-state index in [2.05, 4.69) is 10.6 Å². The van der Waals surface area contributed by atoms with E-state index in [1.54, 1.807) is 4.90 Å². The normalized spacial score (nSPS) is 24.5. The van der Waals surface area contributed by atoms with Gasteiger partial charge in [-0.2, -0.15) is 0 Å². The summed E-state index contributed by atoms with van der Waals surface area (Å²) in [7, 11) is -3.35. The molecule has 2 unspecified atom stereocenters. The predicted molar refractivity (Wildman–Crippen MR) is 96.8 cm³/mol. The molecule has 0 aromatic rings. The second kappa shape index (κ2) is 8.98. The Morgan fingerprint density at radius 3 is 2.64 bits per heavy atom. The van der Waals surface area contributed by atoms with Gasteiger partial charge in [-0.1, -0.05) is 13.8 Å². The maximum atomic E-state index is 12.3. The van der Waals surface area contributed by atoms with Crippen molar-refractivity contribution in [3.63, 3.8) is 0 Å². The highest BCUT2D eigenvalue weighted by atomic mass is 32.2. The Morgan fingerprint density at radius 1 is 1.24 bits per heavy atom. The summed E-state index contributed by atoms with van der Waals surface area (Å²) in [6.45, 7) is 6.22. The summed E-state index contributed by atoms with van der Waals surface area (Å²) in [5.74, 6) is -0.437. The first kappa shape index (κ1) is 20.2. The van der Waals surface area contributed by atoms with E-state index in [9.17, 15) is 18.0 Å². The van der Waals surface area contributed by atoms with Crippen molar-refractivity contribution in [2.75, 3.05) is 37.7 Å². The van der Waals surface area contributed by atoms with Crippen molar-refractivity contribution in [1.29, 1.82) is 0 Å². The summed E-state index contributed by atoms with van der Waals surface area (Å²) in [6, 6.07) is -0.0949. The number of sulfone groups is 1. The number of rotatable bonds is 7. The molecule has 0 aromatic carbocycles. The van der Waals surface area contributed by atoms with Crippen molar-refractivity contribution in [1.82, 2.24) is 15.5 Å². The SMILES string of the molecule is CC(C)CS(=O)(=O)CC(=O)N1CCCC(CNC(=O)C2CCCN2)C1. The van der Waals surface area contributed by atoms with Crippen LogP contribution in [0.3, 0.4) is 0 Å². The van der Waals surface area contributed by atoms with E-state index in [1.165, 1.54) is 0 Å². The number of likely N-dealkylation sites (tertiary alicyclic amines) is 1. The first-order valence-electron chi connectivity index (χ1n) is 9.26. The molecule has 8 heteroatoms. The quantitative estimate of drug-likeness (QED) is 0.663. The molecule has 0 aliphatic carbocycles. The molecule has 2 N–H and O–H groups in total. The van der Waals surface area contributed by atoms with Gasteiger partial charge in [0.05, 0.1) is 11.8 Å². The zero-order chi connectivity index (χ0) is 18.4. The van der Waals surface area contributed by atoms with E-state index < -0.39 is 15.6 Å². The fourth-order valence-electron chi connectivity index (χ4n) is 3.58. The third-order valence-electron chi connectivity index (χ3n) is 4.74. The molecule has 2 heterocycles. The highest BCUT2D eigenvalue weighted by Gasteiger charge is 2.28. The third-order valence-corrected chi connectivity index (χ3v) is 6.61. The average Bonchev–Trinajstić information content (AvgIpc) is 3.05. The topological polar surface area (TPSA) is 95.6 Å². The molecule has 0 saturated carbocycles. The van der Waals surface area contributed by atoms with Gasteiger partial charge in [0.2, 0.25) is 11.8 Å². The van der Waals surface area contributed by atoms with Gasteiger partial charge in [0.25, 0.3) is 0 Å². The van der Waals surface area contributed by atoms with Crippen LogP contribution in [0.1, 0.15) is 39.5 Å². The molecule has 2 rings (SSSR count). The Kier molecular flexibility index (Phi) is 7.25. The molecule has 2 atom stereocenters. The molecule has 2 aliphatic heterocycles. The van der Waals surface area contributed by atoms with Crippen molar-refractivity contribution < 1.29 is 18.0 Å². The third kappa shape index (κ3) is 6.58. The Labute approximate surface area is 150 Å². The fraction of sp³-hybridized carbons (Fsp3) is 0.882. The number of hydrogen-bond donors (Lipinski definition) is 2. The summed E-state index contributed by atoms with van der Waals surface area (Å²) in [5.41, 5.74) is 0. The van der Waals surface area contributed by atoms with Crippen molar-refractivity contribution >= 4 is 21.7 Å². The molecule has 0 bridgehead atoms. The van der Waals surface area contributed by atoms with Gasteiger partial charge >= 0.3 is 0 Å². The zero-order valence-electron chi connectivity index (χ0n) is 15.3. The van der Waals surface area contributed by atoms with Crippen LogP contribution in [-0.4, -0.2) is 68.9 Å². The smallest absolute Gasteiger partial charge is 0.237 e. The molecule has 0 spiro atoms. The van der Waals surface area contributed by atoms with Crippen molar-refractivity contribution in [2.45, 2.75) is 45.6 Å². The summed E-state index contributed by atoms with van der Waals surface area (Å²) >= 11 is 0. The number of nitrogens with zero attached hydrogens (tertiary/aromatic N) is 1. The lowest BCUT2D eigenvalue weighted by Gasteiger charge is -2.33. The Bertz CT molecular complexity index is 570. The summed E-state index contributed by atoms with van der Waals surface area (Å²) in [4.78, 5) is 26.0. The van der Waals surface area contributed by atoms with Gasteiger partial charge in [-0.15, -0.1) is 0 Å².